The normalized spacial score (nSPS) is 17.6. The fourth-order valence-corrected chi connectivity index (χ4v) is 2.24. The van der Waals surface area contributed by atoms with Crippen molar-refractivity contribution in [3.63, 3.8) is 0 Å². The van der Waals surface area contributed by atoms with Gasteiger partial charge in [-0.3, -0.25) is 9.59 Å². The van der Waals surface area contributed by atoms with Gasteiger partial charge in [-0.1, -0.05) is 18.0 Å². The number of carboxylic acid groups (broad SMARTS) is 1. The van der Waals surface area contributed by atoms with Gasteiger partial charge < -0.3 is 14.9 Å². The van der Waals surface area contributed by atoms with Crippen molar-refractivity contribution in [3.05, 3.63) is 11.7 Å². The van der Waals surface area contributed by atoms with Gasteiger partial charge in [-0.25, -0.2) is 0 Å². The van der Waals surface area contributed by atoms with Crippen molar-refractivity contribution in [1.29, 1.82) is 0 Å². The van der Waals surface area contributed by atoms with Crippen LogP contribution in [0.5, 0.6) is 0 Å². The summed E-state index contributed by atoms with van der Waals surface area (Å²) in [6.07, 6.45) is 2.94. The summed E-state index contributed by atoms with van der Waals surface area (Å²) in [5.74, 6) is -1.12. The molecule has 1 fully saturated rings. The van der Waals surface area contributed by atoms with Gasteiger partial charge in [0.15, 0.2) is 0 Å². The van der Waals surface area contributed by atoms with Crippen LogP contribution in [0.2, 0.25) is 0 Å². The third kappa shape index (κ3) is 2.34. The third-order valence-corrected chi connectivity index (χ3v) is 3.33. The Kier molecular flexibility index (Phi) is 3.31. The fraction of sp³-hybridized carbons (Fsp3) is 0.636. The Morgan fingerprint density at radius 2 is 2.11 bits per heavy atom. The second kappa shape index (κ2) is 4.75. The van der Waals surface area contributed by atoms with Crippen LogP contribution in [0.4, 0.5) is 0 Å². The van der Waals surface area contributed by atoms with Crippen LogP contribution < -0.4 is 5.32 Å². The molecule has 0 spiro atoms. The molecule has 0 bridgehead atoms. The number of hydrogen-bond acceptors (Lipinski definition) is 5. The lowest BCUT2D eigenvalue weighted by molar-refractivity contribution is -0.148. The van der Waals surface area contributed by atoms with Gasteiger partial charge in [0.2, 0.25) is 5.89 Å². The van der Waals surface area contributed by atoms with Crippen molar-refractivity contribution in [2.45, 2.75) is 32.6 Å². The Balaban J connectivity index is 1.98. The van der Waals surface area contributed by atoms with Gasteiger partial charge in [0.25, 0.3) is 11.7 Å². The summed E-state index contributed by atoms with van der Waals surface area (Å²) in [5, 5.41) is 15.3. The van der Waals surface area contributed by atoms with Gasteiger partial charge in [0.1, 0.15) is 0 Å². The standard InChI is InChI=1S/C11H15N3O4/c1-7-13-8(14-18-7)9(15)12-6-11(10(16)17)4-2-3-5-11/h2-6H2,1H3,(H,12,15)(H,16,17). The van der Waals surface area contributed by atoms with Gasteiger partial charge >= 0.3 is 5.97 Å². The molecule has 1 aromatic rings. The molecule has 7 heteroatoms. The summed E-state index contributed by atoms with van der Waals surface area (Å²) in [7, 11) is 0. The van der Waals surface area contributed by atoms with Crippen LogP contribution in [0.25, 0.3) is 0 Å². The topological polar surface area (TPSA) is 105 Å². The molecular formula is C11H15N3O4. The van der Waals surface area contributed by atoms with Crippen molar-refractivity contribution in [1.82, 2.24) is 15.5 Å². The molecule has 1 heterocycles. The van der Waals surface area contributed by atoms with E-state index in [4.69, 9.17) is 4.52 Å². The molecule has 0 aliphatic heterocycles. The number of nitrogens with zero attached hydrogens (tertiary/aromatic N) is 2. The van der Waals surface area contributed by atoms with Gasteiger partial charge in [-0.15, -0.1) is 0 Å². The number of aliphatic carboxylic acids is 1. The zero-order valence-electron chi connectivity index (χ0n) is 10.1. The summed E-state index contributed by atoms with van der Waals surface area (Å²) in [6.45, 7) is 1.69. The molecule has 18 heavy (non-hydrogen) atoms. The first kappa shape index (κ1) is 12.5. The van der Waals surface area contributed by atoms with Crippen LogP contribution in [0.3, 0.4) is 0 Å². The highest BCUT2D eigenvalue weighted by Gasteiger charge is 2.41. The number of aryl methyl sites for hydroxylation is 1. The largest absolute Gasteiger partial charge is 0.481 e. The molecule has 0 saturated heterocycles. The van der Waals surface area contributed by atoms with E-state index in [9.17, 15) is 14.7 Å². The highest BCUT2D eigenvalue weighted by molar-refractivity contribution is 5.90. The number of carbonyl (C=O) groups is 2. The predicted molar refractivity (Wildman–Crippen MR) is 59.9 cm³/mol. The Bertz CT molecular complexity index is 463. The van der Waals surface area contributed by atoms with E-state index < -0.39 is 17.3 Å². The van der Waals surface area contributed by atoms with Crippen LogP contribution in [0.15, 0.2) is 4.52 Å². The second-order valence-corrected chi connectivity index (χ2v) is 4.61. The average Bonchev–Trinajstić information content (AvgIpc) is 2.95. The first-order valence-electron chi connectivity index (χ1n) is 5.85. The van der Waals surface area contributed by atoms with Crippen molar-refractivity contribution in [2.24, 2.45) is 5.41 Å². The molecule has 0 unspecified atom stereocenters. The molecule has 0 atom stereocenters. The Morgan fingerprint density at radius 3 is 2.61 bits per heavy atom. The predicted octanol–water partition coefficient (Wildman–Crippen LogP) is 0.753. The third-order valence-electron chi connectivity index (χ3n) is 3.33. The van der Waals surface area contributed by atoms with Crippen LogP contribution >= 0.6 is 0 Å². The quantitative estimate of drug-likeness (QED) is 0.820. The summed E-state index contributed by atoms with van der Waals surface area (Å²) < 4.78 is 4.69. The van der Waals surface area contributed by atoms with Gasteiger partial charge in [0.05, 0.1) is 5.41 Å². The Labute approximate surface area is 104 Å². The van der Waals surface area contributed by atoms with E-state index in [0.29, 0.717) is 18.7 Å². The van der Waals surface area contributed by atoms with E-state index >= 15 is 0 Å². The van der Waals surface area contributed by atoms with Gasteiger partial charge in [0, 0.05) is 13.5 Å². The minimum atomic E-state index is -0.857. The van der Waals surface area contributed by atoms with E-state index in [1.54, 1.807) is 6.92 Å². The first-order chi connectivity index (χ1) is 8.53. The lowest BCUT2D eigenvalue weighted by atomic mass is 9.86. The highest BCUT2D eigenvalue weighted by Crippen LogP contribution is 2.37. The SMILES string of the molecule is Cc1nc(C(=O)NCC2(C(=O)O)CCCC2)no1. The van der Waals surface area contributed by atoms with E-state index in [1.165, 1.54) is 0 Å². The van der Waals surface area contributed by atoms with Crippen LogP contribution in [-0.4, -0.2) is 33.7 Å². The summed E-state index contributed by atoms with van der Waals surface area (Å²) >= 11 is 0. The molecule has 98 valence electrons. The van der Waals surface area contributed by atoms with Crippen LogP contribution in [0, 0.1) is 12.3 Å². The molecule has 1 aliphatic carbocycles. The molecule has 7 nitrogen and oxygen atoms in total. The molecule has 1 amide bonds. The van der Waals surface area contributed by atoms with Gasteiger partial charge in [-0.05, 0) is 12.8 Å². The number of carbonyl (C=O) groups excluding carboxylic acids is 1. The van der Waals surface area contributed by atoms with Crippen LogP contribution in [-0.2, 0) is 4.79 Å². The lowest BCUT2D eigenvalue weighted by Gasteiger charge is -2.23. The molecule has 2 N–H and O–H groups in total. The monoisotopic (exact) mass is 253 g/mol. The smallest absolute Gasteiger partial charge is 0.311 e. The fourth-order valence-electron chi connectivity index (χ4n) is 2.24. The zero-order valence-corrected chi connectivity index (χ0v) is 10.1. The molecule has 2 rings (SSSR count). The zero-order chi connectivity index (χ0) is 13.2. The first-order valence-corrected chi connectivity index (χ1v) is 5.85. The minimum Gasteiger partial charge on any atom is -0.481 e. The number of amides is 1. The lowest BCUT2D eigenvalue weighted by Crippen LogP contribution is -2.41. The maximum absolute atomic E-state index is 11.7. The van der Waals surface area contributed by atoms with Gasteiger partial charge in [-0.2, -0.15) is 4.98 Å². The number of aromatic nitrogens is 2. The molecule has 1 aliphatic rings. The van der Waals surface area contributed by atoms with E-state index in [2.05, 4.69) is 15.5 Å². The van der Waals surface area contributed by atoms with Crippen molar-refractivity contribution in [3.8, 4) is 0 Å². The molecule has 0 aromatic carbocycles. The van der Waals surface area contributed by atoms with E-state index in [1.807, 2.05) is 0 Å². The average molecular weight is 253 g/mol. The highest BCUT2D eigenvalue weighted by atomic mass is 16.5. The summed E-state index contributed by atoms with van der Waals surface area (Å²) in [4.78, 5) is 26.8. The van der Waals surface area contributed by atoms with E-state index in [-0.39, 0.29) is 12.4 Å². The summed E-state index contributed by atoms with van der Waals surface area (Å²) in [6, 6.07) is 0. The number of hydrogen-bond donors (Lipinski definition) is 2. The van der Waals surface area contributed by atoms with Crippen molar-refractivity contribution >= 4 is 11.9 Å². The Hall–Kier alpha value is -1.92. The molecule has 1 aromatic heterocycles. The summed E-state index contributed by atoms with van der Waals surface area (Å²) in [5.41, 5.74) is -0.839. The maximum Gasteiger partial charge on any atom is 0.311 e. The number of nitrogens with one attached hydrogen (secondary N) is 1. The number of rotatable bonds is 4. The van der Waals surface area contributed by atoms with Crippen LogP contribution in [0.1, 0.15) is 42.2 Å². The Morgan fingerprint density at radius 1 is 1.44 bits per heavy atom. The second-order valence-electron chi connectivity index (χ2n) is 4.61. The van der Waals surface area contributed by atoms with E-state index in [0.717, 1.165) is 12.8 Å². The van der Waals surface area contributed by atoms with Crippen molar-refractivity contribution < 1.29 is 19.2 Å². The molecular weight excluding hydrogens is 238 g/mol. The van der Waals surface area contributed by atoms with Crippen molar-refractivity contribution in [2.75, 3.05) is 6.54 Å². The minimum absolute atomic E-state index is 0.0639. The molecule has 1 saturated carbocycles. The maximum atomic E-state index is 11.7. The number of carboxylic acids is 1. The molecule has 0 radical (unpaired) electrons.